The van der Waals surface area contributed by atoms with Gasteiger partial charge in [0.2, 0.25) is 0 Å². The number of carboxylic acids is 1. The number of urea groups is 1. The Bertz CT molecular complexity index is 518. The van der Waals surface area contributed by atoms with Crippen LogP contribution in [0.4, 0.5) is 10.5 Å². The first kappa shape index (κ1) is 14.3. The van der Waals surface area contributed by atoms with Crippen molar-refractivity contribution in [1.82, 2.24) is 4.90 Å². The molecular formula is C14H18N2O4. The fourth-order valence-corrected chi connectivity index (χ4v) is 2.34. The maximum Gasteiger partial charge on any atom is 0.326 e. The van der Waals surface area contributed by atoms with E-state index in [0.717, 1.165) is 16.9 Å². The minimum absolute atomic E-state index is 0.0380. The van der Waals surface area contributed by atoms with Gasteiger partial charge in [0.05, 0.1) is 6.10 Å². The lowest BCUT2D eigenvalue weighted by atomic mass is 10.1. The molecule has 1 aromatic rings. The first-order valence-electron chi connectivity index (χ1n) is 6.58. The monoisotopic (exact) mass is 278 g/mol. The minimum atomic E-state index is -1.10. The average Bonchev–Trinajstić information content (AvgIpc) is 2.81. The summed E-state index contributed by atoms with van der Waals surface area (Å²) in [6.07, 6.45) is 0.130. The van der Waals surface area contributed by atoms with Gasteiger partial charge in [-0.3, -0.25) is 0 Å². The van der Waals surface area contributed by atoms with Gasteiger partial charge in [-0.25, -0.2) is 9.59 Å². The zero-order valence-electron chi connectivity index (χ0n) is 11.2. The predicted octanol–water partition coefficient (Wildman–Crippen LogP) is 1.30. The molecule has 6 heteroatoms. The summed E-state index contributed by atoms with van der Waals surface area (Å²) in [5, 5.41) is 21.3. The van der Waals surface area contributed by atoms with Gasteiger partial charge in [0, 0.05) is 18.7 Å². The number of hydrogen-bond donors (Lipinski definition) is 3. The van der Waals surface area contributed by atoms with Gasteiger partial charge in [-0.2, -0.15) is 0 Å². The molecule has 1 aliphatic rings. The molecule has 0 spiro atoms. The van der Waals surface area contributed by atoms with Crippen LogP contribution in [0, 0.1) is 0 Å². The van der Waals surface area contributed by atoms with Crippen molar-refractivity contribution in [3.05, 3.63) is 29.8 Å². The number of anilines is 1. The fourth-order valence-electron chi connectivity index (χ4n) is 2.34. The molecule has 1 saturated heterocycles. The van der Waals surface area contributed by atoms with Gasteiger partial charge in [-0.1, -0.05) is 19.1 Å². The topological polar surface area (TPSA) is 89.9 Å². The number of benzene rings is 1. The molecule has 1 aliphatic heterocycles. The standard InChI is InChI=1S/C14H18N2O4/c1-2-9-4-3-5-10(6-9)15-14(20)16-8-11(17)7-12(16)13(18)19/h3-6,11-12,17H,2,7-8H2,1H3,(H,15,20)(H,18,19). The number of carbonyl (C=O) groups is 2. The Morgan fingerprint density at radius 1 is 1.45 bits per heavy atom. The fraction of sp³-hybridized carbons (Fsp3) is 0.429. The Morgan fingerprint density at radius 3 is 2.85 bits per heavy atom. The van der Waals surface area contributed by atoms with Gasteiger partial charge in [-0.05, 0) is 24.1 Å². The molecule has 0 radical (unpaired) electrons. The highest BCUT2D eigenvalue weighted by atomic mass is 16.4. The van der Waals surface area contributed by atoms with Crippen molar-refractivity contribution in [2.45, 2.75) is 31.9 Å². The van der Waals surface area contributed by atoms with E-state index in [9.17, 15) is 14.7 Å². The van der Waals surface area contributed by atoms with Crippen LogP contribution in [0.15, 0.2) is 24.3 Å². The molecule has 108 valence electrons. The summed E-state index contributed by atoms with van der Waals surface area (Å²) in [6.45, 7) is 2.05. The van der Waals surface area contributed by atoms with E-state index < -0.39 is 24.1 Å². The predicted molar refractivity (Wildman–Crippen MR) is 73.6 cm³/mol. The Hall–Kier alpha value is -2.08. The molecule has 3 N–H and O–H groups in total. The van der Waals surface area contributed by atoms with Crippen molar-refractivity contribution >= 4 is 17.7 Å². The van der Waals surface area contributed by atoms with Crippen LogP contribution in [0.2, 0.25) is 0 Å². The maximum atomic E-state index is 12.1. The second-order valence-corrected chi connectivity index (χ2v) is 4.88. The Balaban J connectivity index is 2.09. The molecule has 2 atom stereocenters. The first-order chi connectivity index (χ1) is 9.51. The molecule has 2 amide bonds. The van der Waals surface area contributed by atoms with E-state index in [4.69, 9.17) is 5.11 Å². The van der Waals surface area contributed by atoms with Crippen LogP contribution in [-0.2, 0) is 11.2 Å². The van der Waals surface area contributed by atoms with Gasteiger partial charge in [0.25, 0.3) is 0 Å². The third-order valence-corrected chi connectivity index (χ3v) is 3.41. The molecule has 1 aromatic carbocycles. The summed E-state index contributed by atoms with van der Waals surface area (Å²) in [6, 6.07) is 5.91. The maximum absolute atomic E-state index is 12.1. The SMILES string of the molecule is CCc1cccc(NC(=O)N2CC(O)CC2C(=O)O)c1. The number of β-amino-alcohol motifs (C(OH)–C–C–N with tert-alkyl or cyclic N) is 1. The number of nitrogens with one attached hydrogen (secondary N) is 1. The zero-order valence-corrected chi connectivity index (χ0v) is 11.2. The molecule has 0 bridgehead atoms. The van der Waals surface area contributed by atoms with E-state index in [2.05, 4.69) is 5.32 Å². The smallest absolute Gasteiger partial charge is 0.326 e. The summed E-state index contributed by atoms with van der Waals surface area (Å²) in [5.41, 5.74) is 1.71. The Kier molecular flexibility index (Phi) is 4.24. The number of aliphatic hydroxyl groups excluding tert-OH is 1. The highest BCUT2D eigenvalue weighted by Gasteiger charge is 2.38. The van der Waals surface area contributed by atoms with Crippen LogP contribution in [0.1, 0.15) is 18.9 Å². The third-order valence-electron chi connectivity index (χ3n) is 3.41. The number of aliphatic hydroxyl groups is 1. The van der Waals surface area contributed by atoms with Gasteiger partial charge < -0.3 is 20.4 Å². The highest BCUT2D eigenvalue weighted by molar-refractivity contribution is 5.92. The number of carbonyl (C=O) groups excluding carboxylic acids is 1. The van der Waals surface area contributed by atoms with Crippen LogP contribution in [-0.4, -0.2) is 45.8 Å². The third kappa shape index (κ3) is 3.08. The number of aliphatic carboxylic acids is 1. The second kappa shape index (κ2) is 5.92. The summed E-state index contributed by atoms with van der Waals surface area (Å²) in [5.74, 6) is -1.10. The molecular weight excluding hydrogens is 260 g/mol. The van der Waals surface area contributed by atoms with Crippen molar-refractivity contribution in [2.24, 2.45) is 0 Å². The molecule has 1 heterocycles. The van der Waals surface area contributed by atoms with Crippen molar-refractivity contribution in [3.8, 4) is 0 Å². The summed E-state index contributed by atoms with van der Waals surface area (Å²) < 4.78 is 0. The van der Waals surface area contributed by atoms with E-state index in [0.29, 0.717) is 5.69 Å². The quantitative estimate of drug-likeness (QED) is 0.777. The lowest BCUT2D eigenvalue weighted by Gasteiger charge is -2.21. The lowest BCUT2D eigenvalue weighted by molar-refractivity contribution is -0.141. The number of rotatable bonds is 3. The van der Waals surface area contributed by atoms with E-state index in [1.165, 1.54) is 0 Å². The van der Waals surface area contributed by atoms with E-state index >= 15 is 0 Å². The largest absolute Gasteiger partial charge is 0.480 e. The number of likely N-dealkylation sites (tertiary alicyclic amines) is 1. The van der Waals surface area contributed by atoms with E-state index in [1.54, 1.807) is 6.07 Å². The van der Waals surface area contributed by atoms with E-state index in [1.807, 2.05) is 25.1 Å². The number of hydrogen-bond acceptors (Lipinski definition) is 3. The van der Waals surface area contributed by atoms with Crippen molar-refractivity contribution in [3.63, 3.8) is 0 Å². The van der Waals surface area contributed by atoms with Gasteiger partial charge in [-0.15, -0.1) is 0 Å². The molecule has 0 saturated carbocycles. The van der Waals surface area contributed by atoms with Crippen molar-refractivity contribution in [1.29, 1.82) is 0 Å². The van der Waals surface area contributed by atoms with Crippen LogP contribution >= 0.6 is 0 Å². The highest BCUT2D eigenvalue weighted by Crippen LogP contribution is 2.20. The van der Waals surface area contributed by atoms with Crippen LogP contribution in [0.3, 0.4) is 0 Å². The number of amides is 2. The summed E-state index contributed by atoms with van der Waals surface area (Å²) >= 11 is 0. The van der Waals surface area contributed by atoms with Crippen LogP contribution < -0.4 is 5.32 Å². The van der Waals surface area contributed by atoms with Crippen molar-refractivity contribution in [2.75, 3.05) is 11.9 Å². The van der Waals surface area contributed by atoms with Crippen LogP contribution in [0.25, 0.3) is 0 Å². The summed E-state index contributed by atoms with van der Waals surface area (Å²) in [7, 11) is 0. The molecule has 0 aromatic heterocycles. The van der Waals surface area contributed by atoms with E-state index in [-0.39, 0.29) is 13.0 Å². The zero-order chi connectivity index (χ0) is 14.7. The number of nitrogens with zero attached hydrogens (tertiary/aromatic N) is 1. The van der Waals surface area contributed by atoms with Crippen molar-refractivity contribution < 1.29 is 19.8 Å². The molecule has 1 fully saturated rings. The average molecular weight is 278 g/mol. The molecule has 6 nitrogen and oxygen atoms in total. The van der Waals surface area contributed by atoms with Gasteiger partial charge >= 0.3 is 12.0 Å². The lowest BCUT2D eigenvalue weighted by Crippen LogP contribution is -2.43. The van der Waals surface area contributed by atoms with Crippen LogP contribution in [0.5, 0.6) is 0 Å². The molecule has 20 heavy (non-hydrogen) atoms. The normalized spacial score (nSPS) is 21.8. The van der Waals surface area contributed by atoms with Gasteiger partial charge in [0.15, 0.2) is 0 Å². The second-order valence-electron chi connectivity index (χ2n) is 4.88. The summed E-state index contributed by atoms with van der Waals surface area (Å²) in [4.78, 5) is 24.4. The van der Waals surface area contributed by atoms with Gasteiger partial charge in [0.1, 0.15) is 6.04 Å². The molecule has 0 aliphatic carbocycles. The Labute approximate surface area is 117 Å². The minimum Gasteiger partial charge on any atom is -0.480 e. The molecule has 2 rings (SSSR count). The first-order valence-corrected chi connectivity index (χ1v) is 6.58. The molecule has 2 unspecified atom stereocenters. The number of carboxylic acid groups (broad SMARTS) is 1. The Morgan fingerprint density at radius 2 is 2.20 bits per heavy atom. The number of aryl methyl sites for hydroxylation is 1.